The molecular formula is C7H10NS. The van der Waals surface area contributed by atoms with Crippen LogP contribution >= 0.6 is 11.3 Å². The van der Waals surface area contributed by atoms with E-state index in [0.717, 1.165) is 5.01 Å². The Morgan fingerprint density at radius 2 is 2.22 bits per heavy atom. The third-order valence-corrected chi connectivity index (χ3v) is 2.17. The first-order valence-electron chi connectivity index (χ1n) is 2.93. The molecule has 1 nitrogen and oxygen atoms in total. The SMILES string of the molecule is CC(C)(C)c1nc[c]s1. The highest BCUT2D eigenvalue weighted by Gasteiger charge is 2.15. The summed E-state index contributed by atoms with van der Waals surface area (Å²) in [6.07, 6.45) is 1.73. The molecule has 0 N–H and O–H groups in total. The van der Waals surface area contributed by atoms with Crippen LogP contribution in [0.2, 0.25) is 0 Å². The van der Waals surface area contributed by atoms with Gasteiger partial charge in [0.25, 0.3) is 0 Å². The number of rotatable bonds is 0. The van der Waals surface area contributed by atoms with Gasteiger partial charge in [0, 0.05) is 11.6 Å². The summed E-state index contributed by atoms with van der Waals surface area (Å²) in [5, 5.41) is 4.12. The molecule has 0 saturated heterocycles. The van der Waals surface area contributed by atoms with E-state index in [1.54, 1.807) is 17.5 Å². The maximum absolute atomic E-state index is 4.15. The Hall–Kier alpha value is -0.370. The van der Waals surface area contributed by atoms with E-state index in [2.05, 4.69) is 31.1 Å². The Balaban J connectivity index is 2.90. The molecule has 0 aromatic carbocycles. The maximum atomic E-state index is 4.15. The van der Waals surface area contributed by atoms with Gasteiger partial charge < -0.3 is 0 Å². The first-order chi connectivity index (χ1) is 4.11. The molecular weight excluding hydrogens is 130 g/mol. The lowest BCUT2D eigenvalue weighted by Gasteiger charge is -2.12. The van der Waals surface area contributed by atoms with Crippen LogP contribution in [0.15, 0.2) is 6.20 Å². The number of hydrogen-bond donors (Lipinski definition) is 0. The molecule has 0 aliphatic carbocycles. The standard InChI is InChI=1S/C7H10NS/c1-7(2,3)6-8-4-5-9-6/h4H,1-3H3. The second-order valence-electron chi connectivity index (χ2n) is 3.03. The lowest BCUT2D eigenvalue weighted by Crippen LogP contribution is -2.09. The highest BCUT2D eigenvalue weighted by atomic mass is 32.1. The predicted molar refractivity (Wildman–Crippen MR) is 39.7 cm³/mol. The second-order valence-corrected chi connectivity index (χ2v) is 3.86. The molecule has 1 aromatic heterocycles. The van der Waals surface area contributed by atoms with Crippen LogP contribution in [-0.4, -0.2) is 4.98 Å². The van der Waals surface area contributed by atoms with Crippen molar-refractivity contribution < 1.29 is 0 Å². The van der Waals surface area contributed by atoms with Crippen LogP contribution in [0.3, 0.4) is 0 Å². The quantitative estimate of drug-likeness (QED) is 0.538. The summed E-state index contributed by atoms with van der Waals surface area (Å²) >= 11 is 1.59. The van der Waals surface area contributed by atoms with Crippen LogP contribution in [0.5, 0.6) is 0 Å². The highest BCUT2D eigenvalue weighted by molar-refractivity contribution is 7.09. The van der Waals surface area contributed by atoms with Crippen molar-refractivity contribution in [1.82, 2.24) is 4.98 Å². The van der Waals surface area contributed by atoms with Crippen molar-refractivity contribution >= 4 is 11.3 Å². The molecule has 9 heavy (non-hydrogen) atoms. The van der Waals surface area contributed by atoms with Gasteiger partial charge in [-0.3, -0.25) is 0 Å². The third kappa shape index (κ3) is 1.52. The Bertz CT molecular complexity index is 171. The molecule has 0 amide bonds. The highest BCUT2D eigenvalue weighted by Crippen LogP contribution is 2.22. The van der Waals surface area contributed by atoms with Gasteiger partial charge >= 0.3 is 0 Å². The van der Waals surface area contributed by atoms with Crippen molar-refractivity contribution in [2.24, 2.45) is 0 Å². The summed E-state index contributed by atoms with van der Waals surface area (Å²) in [5.41, 5.74) is 0.199. The molecule has 0 saturated carbocycles. The van der Waals surface area contributed by atoms with Gasteiger partial charge in [-0.25, -0.2) is 4.98 Å². The fourth-order valence-electron chi connectivity index (χ4n) is 0.540. The van der Waals surface area contributed by atoms with E-state index >= 15 is 0 Å². The monoisotopic (exact) mass is 140 g/mol. The fraction of sp³-hybridized carbons (Fsp3) is 0.571. The largest absolute Gasteiger partial charge is 0.248 e. The van der Waals surface area contributed by atoms with E-state index in [-0.39, 0.29) is 5.41 Å². The number of hydrogen-bond acceptors (Lipinski definition) is 2. The Kier molecular flexibility index (Phi) is 1.58. The fourth-order valence-corrected chi connectivity index (χ4v) is 1.17. The van der Waals surface area contributed by atoms with Gasteiger partial charge in [0.2, 0.25) is 0 Å². The van der Waals surface area contributed by atoms with Crippen LogP contribution in [0.1, 0.15) is 25.8 Å². The molecule has 1 heterocycles. The number of thiazole rings is 1. The van der Waals surface area contributed by atoms with Crippen molar-refractivity contribution in [3.63, 3.8) is 0 Å². The van der Waals surface area contributed by atoms with E-state index in [4.69, 9.17) is 0 Å². The number of nitrogens with zero attached hydrogens (tertiary/aromatic N) is 1. The summed E-state index contributed by atoms with van der Waals surface area (Å²) in [4.78, 5) is 4.15. The predicted octanol–water partition coefficient (Wildman–Crippen LogP) is 2.24. The Labute approximate surface area is 59.8 Å². The van der Waals surface area contributed by atoms with Crippen LogP contribution < -0.4 is 0 Å². The maximum Gasteiger partial charge on any atom is 0.0985 e. The van der Waals surface area contributed by atoms with E-state index in [0.29, 0.717) is 0 Å². The normalized spacial score (nSPS) is 11.9. The minimum Gasteiger partial charge on any atom is -0.248 e. The Morgan fingerprint density at radius 1 is 1.56 bits per heavy atom. The average Bonchev–Trinajstić information content (AvgIpc) is 2.08. The first-order valence-corrected chi connectivity index (χ1v) is 3.75. The van der Waals surface area contributed by atoms with Crippen LogP contribution in [-0.2, 0) is 5.41 Å². The average molecular weight is 140 g/mol. The van der Waals surface area contributed by atoms with E-state index in [9.17, 15) is 0 Å². The van der Waals surface area contributed by atoms with Gasteiger partial charge in [-0.15, -0.1) is 11.3 Å². The first kappa shape index (κ1) is 6.75. The van der Waals surface area contributed by atoms with E-state index in [1.165, 1.54) is 0 Å². The van der Waals surface area contributed by atoms with Gasteiger partial charge in [-0.2, -0.15) is 0 Å². The number of aromatic nitrogens is 1. The minimum atomic E-state index is 0.199. The van der Waals surface area contributed by atoms with Gasteiger partial charge in [-0.1, -0.05) is 20.8 Å². The molecule has 1 radical (unpaired) electrons. The van der Waals surface area contributed by atoms with Crippen molar-refractivity contribution in [3.8, 4) is 0 Å². The Morgan fingerprint density at radius 3 is 2.44 bits per heavy atom. The molecule has 2 heteroatoms. The van der Waals surface area contributed by atoms with Crippen molar-refractivity contribution in [2.45, 2.75) is 26.2 Å². The summed E-state index contributed by atoms with van der Waals surface area (Å²) in [5.74, 6) is 0. The molecule has 0 aliphatic rings. The molecule has 0 atom stereocenters. The molecule has 0 unspecified atom stereocenters. The summed E-state index contributed by atoms with van der Waals surface area (Å²) in [7, 11) is 0. The molecule has 0 fully saturated rings. The zero-order chi connectivity index (χ0) is 6.91. The molecule has 0 spiro atoms. The zero-order valence-corrected chi connectivity index (χ0v) is 6.75. The summed E-state index contributed by atoms with van der Waals surface area (Å²) in [6, 6.07) is 0. The molecule has 1 rings (SSSR count). The van der Waals surface area contributed by atoms with Gasteiger partial charge in [0.05, 0.1) is 10.4 Å². The third-order valence-electron chi connectivity index (χ3n) is 1.03. The summed E-state index contributed by atoms with van der Waals surface area (Å²) < 4.78 is 0. The lowest BCUT2D eigenvalue weighted by molar-refractivity contribution is 0.585. The van der Waals surface area contributed by atoms with Crippen LogP contribution in [0, 0.1) is 5.38 Å². The molecule has 1 aromatic rings. The van der Waals surface area contributed by atoms with Crippen LogP contribution in [0.25, 0.3) is 0 Å². The van der Waals surface area contributed by atoms with E-state index < -0.39 is 0 Å². The topological polar surface area (TPSA) is 12.9 Å². The van der Waals surface area contributed by atoms with E-state index in [1.807, 2.05) is 0 Å². The molecule has 0 bridgehead atoms. The second kappa shape index (κ2) is 2.10. The molecule has 0 aliphatic heterocycles. The lowest BCUT2D eigenvalue weighted by atomic mass is 9.98. The van der Waals surface area contributed by atoms with Gasteiger partial charge in [0.15, 0.2) is 0 Å². The van der Waals surface area contributed by atoms with Crippen molar-refractivity contribution in [1.29, 1.82) is 0 Å². The van der Waals surface area contributed by atoms with Gasteiger partial charge in [0.1, 0.15) is 0 Å². The summed E-state index contributed by atoms with van der Waals surface area (Å²) in [6.45, 7) is 6.46. The van der Waals surface area contributed by atoms with Crippen LogP contribution in [0.4, 0.5) is 0 Å². The van der Waals surface area contributed by atoms with Gasteiger partial charge in [-0.05, 0) is 0 Å². The molecule has 49 valence electrons. The minimum absolute atomic E-state index is 0.199. The zero-order valence-electron chi connectivity index (χ0n) is 5.93. The van der Waals surface area contributed by atoms with Crippen molar-refractivity contribution in [2.75, 3.05) is 0 Å². The van der Waals surface area contributed by atoms with Crippen molar-refractivity contribution in [3.05, 3.63) is 16.6 Å². The smallest absolute Gasteiger partial charge is 0.0985 e.